The molecule has 5 rings (SSSR count). The Morgan fingerprint density at radius 1 is 0.903 bits per heavy atom. The van der Waals surface area contributed by atoms with E-state index >= 15 is 0 Å². The highest BCUT2D eigenvalue weighted by molar-refractivity contribution is 5.91. The van der Waals surface area contributed by atoms with Gasteiger partial charge in [0.15, 0.2) is 0 Å². The number of pyridine rings is 3. The monoisotopic (exact) mass is 413 g/mol. The molecule has 0 spiro atoms. The standard InChI is InChI=1S/C26H27N3O2/c1-18-7-5-6-10-24(18)29-16-13-23-21(26(29)31)17-20-22(27-23)12-15-28(25(20)30)14-11-19-8-3-2-4-9-19/h2-4,8-9,12-13,15-18,24H,5-7,10-11,14H2,1H3/t18-,24+/m1/s1. The van der Waals surface area contributed by atoms with Gasteiger partial charge in [-0.25, -0.2) is 4.98 Å². The summed E-state index contributed by atoms with van der Waals surface area (Å²) in [7, 11) is 0. The number of hydrogen-bond acceptors (Lipinski definition) is 3. The Morgan fingerprint density at radius 3 is 2.39 bits per heavy atom. The van der Waals surface area contributed by atoms with Crippen molar-refractivity contribution in [2.75, 3.05) is 0 Å². The number of benzene rings is 1. The summed E-state index contributed by atoms with van der Waals surface area (Å²) >= 11 is 0. The Bertz CT molecular complexity index is 1350. The van der Waals surface area contributed by atoms with Crippen molar-refractivity contribution < 1.29 is 0 Å². The van der Waals surface area contributed by atoms with E-state index in [1.807, 2.05) is 41.1 Å². The average Bonchev–Trinajstić information content (AvgIpc) is 2.80. The largest absolute Gasteiger partial charge is 0.315 e. The minimum atomic E-state index is -0.0938. The highest BCUT2D eigenvalue weighted by atomic mass is 16.1. The van der Waals surface area contributed by atoms with Crippen LogP contribution in [0.4, 0.5) is 0 Å². The topological polar surface area (TPSA) is 56.9 Å². The number of aryl methyl sites for hydroxylation is 2. The number of hydrogen-bond donors (Lipinski definition) is 0. The van der Waals surface area contributed by atoms with E-state index in [-0.39, 0.29) is 17.2 Å². The number of fused-ring (bicyclic) bond motifs is 2. The highest BCUT2D eigenvalue weighted by Gasteiger charge is 2.24. The predicted molar refractivity (Wildman–Crippen MR) is 125 cm³/mol. The molecule has 31 heavy (non-hydrogen) atoms. The summed E-state index contributed by atoms with van der Waals surface area (Å²) in [6.07, 6.45) is 9.03. The van der Waals surface area contributed by atoms with Crippen LogP contribution in [0.1, 0.15) is 44.2 Å². The van der Waals surface area contributed by atoms with Gasteiger partial charge in [-0.05, 0) is 48.9 Å². The Hall–Kier alpha value is -3.21. The second kappa shape index (κ2) is 8.14. The van der Waals surface area contributed by atoms with E-state index in [1.54, 1.807) is 16.8 Å². The second-order valence-corrected chi connectivity index (χ2v) is 8.76. The van der Waals surface area contributed by atoms with E-state index in [0.717, 1.165) is 25.7 Å². The fourth-order valence-corrected chi connectivity index (χ4v) is 4.92. The molecule has 0 bridgehead atoms. The van der Waals surface area contributed by atoms with E-state index < -0.39 is 0 Å². The van der Waals surface area contributed by atoms with Crippen LogP contribution in [-0.2, 0) is 13.0 Å². The van der Waals surface area contributed by atoms with Crippen LogP contribution < -0.4 is 11.1 Å². The van der Waals surface area contributed by atoms with Crippen molar-refractivity contribution in [2.24, 2.45) is 5.92 Å². The van der Waals surface area contributed by atoms with Crippen molar-refractivity contribution in [2.45, 2.75) is 51.6 Å². The van der Waals surface area contributed by atoms with Gasteiger partial charge in [-0.3, -0.25) is 9.59 Å². The summed E-state index contributed by atoms with van der Waals surface area (Å²) in [4.78, 5) is 31.1. The fraction of sp³-hybridized carbons (Fsp3) is 0.346. The van der Waals surface area contributed by atoms with Crippen LogP contribution in [-0.4, -0.2) is 14.1 Å². The fourth-order valence-electron chi connectivity index (χ4n) is 4.92. The highest BCUT2D eigenvalue weighted by Crippen LogP contribution is 2.32. The van der Waals surface area contributed by atoms with Gasteiger partial charge >= 0.3 is 0 Å². The quantitative estimate of drug-likeness (QED) is 0.456. The molecule has 1 fully saturated rings. The Labute approximate surface area is 181 Å². The van der Waals surface area contributed by atoms with Gasteiger partial charge in [0.25, 0.3) is 11.1 Å². The van der Waals surface area contributed by atoms with Crippen molar-refractivity contribution in [3.05, 3.63) is 87.2 Å². The van der Waals surface area contributed by atoms with Crippen molar-refractivity contribution in [1.29, 1.82) is 0 Å². The van der Waals surface area contributed by atoms with Gasteiger partial charge in [-0.1, -0.05) is 50.1 Å². The molecule has 0 N–H and O–H groups in total. The van der Waals surface area contributed by atoms with Gasteiger partial charge in [0.1, 0.15) is 0 Å². The van der Waals surface area contributed by atoms with Crippen LogP contribution in [0.2, 0.25) is 0 Å². The normalized spacial score (nSPS) is 19.1. The molecule has 1 aliphatic carbocycles. The van der Waals surface area contributed by atoms with E-state index in [4.69, 9.17) is 0 Å². The summed E-state index contributed by atoms with van der Waals surface area (Å²) < 4.78 is 3.59. The van der Waals surface area contributed by atoms with Gasteiger partial charge in [-0.2, -0.15) is 0 Å². The lowest BCUT2D eigenvalue weighted by Crippen LogP contribution is -2.30. The first-order valence-corrected chi connectivity index (χ1v) is 11.2. The molecule has 0 amide bonds. The molecule has 3 heterocycles. The summed E-state index contributed by atoms with van der Waals surface area (Å²) in [5.41, 5.74) is 2.35. The third-order valence-corrected chi connectivity index (χ3v) is 6.75. The maximum absolute atomic E-state index is 13.3. The number of rotatable bonds is 4. The molecule has 0 aliphatic heterocycles. The summed E-state index contributed by atoms with van der Waals surface area (Å²) in [6.45, 7) is 2.82. The smallest absolute Gasteiger partial charge is 0.260 e. The zero-order valence-electron chi connectivity index (χ0n) is 17.8. The third-order valence-electron chi connectivity index (χ3n) is 6.75. The third kappa shape index (κ3) is 3.69. The van der Waals surface area contributed by atoms with Crippen molar-refractivity contribution in [3.8, 4) is 0 Å². The molecule has 5 heteroatoms. The molecule has 0 radical (unpaired) electrons. The molecule has 0 saturated heterocycles. The summed E-state index contributed by atoms with van der Waals surface area (Å²) in [5, 5.41) is 1.04. The average molecular weight is 414 g/mol. The van der Waals surface area contributed by atoms with E-state index in [1.165, 1.54) is 12.0 Å². The molecule has 3 aromatic heterocycles. The van der Waals surface area contributed by atoms with Crippen molar-refractivity contribution in [1.82, 2.24) is 14.1 Å². The molecule has 1 saturated carbocycles. The first kappa shape index (κ1) is 19.7. The van der Waals surface area contributed by atoms with E-state index in [2.05, 4.69) is 24.0 Å². The summed E-state index contributed by atoms with van der Waals surface area (Å²) in [6, 6.07) is 15.9. The Balaban J connectivity index is 1.56. The zero-order chi connectivity index (χ0) is 21.4. The first-order valence-electron chi connectivity index (χ1n) is 11.2. The van der Waals surface area contributed by atoms with Crippen molar-refractivity contribution >= 4 is 21.8 Å². The van der Waals surface area contributed by atoms with E-state index in [9.17, 15) is 9.59 Å². The van der Waals surface area contributed by atoms with E-state index in [0.29, 0.717) is 34.3 Å². The van der Waals surface area contributed by atoms with Crippen molar-refractivity contribution in [3.63, 3.8) is 0 Å². The predicted octanol–water partition coefficient (Wildman–Crippen LogP) is 4.71. The number of nitrogens with zero attached hydrogens (tertiary/aromatic N) is 3. The van der Waals surface area contributed by atoms with Crippen LogP contribution in [0.15, 0.2) is 70.5 Å². The molecule has 1 aliphatic rings. The van der Waals surface area contributed by atoms with Crippen LogP contribution in [0.3, 0.4) is 0 Å². The zero-order valence-corrected chi connectivity index (χ0v) is 17.8. The molecule has 1 aromatic carbocycles. The van der Waals surface area contributed by atoms with Gasteiger partial charge in [0.2, 0.25) is 0 Å². The first-order chi connectivity index (χ1) is 15.1. The second-order valence-electron chi connectivity index (χ2n) is 8.76. The lowest BCUT2D eigenvalue weighted by molar-refractivity contribution is 0.253. The minimum absolute atomic E-state index is 0.0373. The maximum atomic E-state index is 13.3. The van der Waals surface area contributed by atoms with Gasteiger partial charge < -0.3 is 9.13 Å². The van der Waals surface area contributed by atoms with Gasteiger partial charge in [-0.15, -0.1) is 0 Å². The SMILES string of the molecule is C[C@@H]1CCCC[C@@H]1n1ccc2nc3ccn(CCc4ccccc4)c(=O)c3cc2c1=O. The van der Waals surface area contributed by atoms with Crippen LogP contribution in [0.5, 0.6) is 0 Å². The van der Waals surface area contributed by atoms with Gasteiger partial charge in [0.05, 0.1) is 21.8 Å². The molecule has 158 valence electrons. The minimum Gasteiger partial charge on any atom is -0.315 e. The molecular formula is C26H27N3O2. The maximum Gasteiger partial charge on any atom is 0.260 e. The molecule has 2 atom stereocenters. The van der Waals surface area contributed by atoms with Gasteiger partial charge in [0, 0.05) is 25.0 Å². The molecule has 0 unspecified atom stereocenters. The molecular weight excluding hydrogens is 386 g/mol. The Morgan fingerprint density at radius 2 is 1.61 bits per heavy atom. The Kier molecular flexibility index (Phi) is 5.18. The van der Waals surface area contributed by atoms with Crippen LogP contribution >= 0.6 is 0 Å². The van der Waals surface area contributed by atoms with Crippen LogP contribution in [0, 0.1) is 5.92 Å². The lowest BCUT2D eigenvalue weighted by atomic mass is 9.85. The summed E-state index contributed by atoms with van der Waals surface area (Å²) in [5.74, 6) is 0.479. The lowest BCUT2D eigenvalue weighted by Gasteiger charge is -2.30. The van der Waals surface area contributed by atoms with Crippen LogP contribution in [0.25, 0.3) is 21.8 Å². The molecule has 5 nitrogen and oxygen atoms in total. The molecule has 4 aromatic rings. The number of aromatic nitrogens is 3.